The van der Waals surface area contributed by atoms with Crippen LogP contribution in [-0.4, -0.2) is 24.0 Å². The summed E-state index contributed by atoms with van der Waals surface area (Å²) < 4.78 is 0. The first-order valence-electron chi connectivity index (χ1n) is 8.69. The Bertz CT molecular complexity index is 625. The summed E-state index contributed by atoms with van der Waals surface area (Å²) in [6.45, 7) is 8.82. The van der Waals surface area contributed by atoms with Crippen molar-refractivity contribution in [2.24, 2.45) is 4.99 Å². The molecule has 138 valence electrons. The van der Waals surface area contributed by atoms with Gasteiger partial charge in [0.05, 0.1) is 12.2 Å². The Balaban J connectivity index is 0.00000312. The fourth-order valence-corrected chi connectivity index (χ4v) is 3.17. The molecular formula is C19H29IN4S. The minimum absolute atomic E-state index is 0. The minimum atomic E-state index is 0. The van der Waals surface area contributed by atoms with Crippen LogP contribution in [0.2, 0.25) is 0 Å². The van der Waals surface area contributed by atoms with Gasteiger partial charge in [-0.05, 0) is 31.2 Å². The van der Waals surface area contributed by atoms with Crippen molar-refractivity contribution < 1.29 is 0 Å². The maximum atomic E-state index is 4.64. The van der Waals surface area contributed by atoms with E-state index < -0.39 is 0 Å². The van der Waals surface area contributed by atoms with Crippen LogP contribution in [0.25, 0.3) is 0 Å². The molecule has 0 fully saturated rings. The van der Waals surface area contributed by atoms with Crippen LogP contribution in [0.15, 0.2) is 40.7 Å². The molecule has 4 nitrogen and oxygen atoms in total. The summed E-state index contributed by atoms with van der Waals surface area (Å²) in [4.78, 5) is 9.28. The predicted octanol–water partition coefficient (Wildman–Crippen LogP) is 4.57. The molecule has 25 heavy (non-hydrogen) atoms. The molecule has 0 saturated heterocycles. The van der Waals surface area contributed by atoms with Gasteiger partial charge < -0.3 is 10.6 Å². The van der Waals surface area contributed by atoms with E-state index in [-0.39, 0.29) is 24.0 Å². The second-order valence-electron chi connectivity index (χ2n) is 6.03. The summed E-state index contributed by atoms with van der Waals surface area (Å²) in [6, 6.07) is 10.6. The Kier molecular flexibility index (Phi) is 10.7. The van der Waals surface area contributed by atoms with Crippen molar-refractivity contribution in [1.82, 2.24) is 15.6 Å². The Hall–Kier alpha value is -1.15. The van der Waals surface area contributed by atoms with Crippen LogP contribution in [0.4, 0.5) is 0 Å². The van der Waals surface area contributed by atoms with E-state index >= 15 is 0 Å². The molecular weight excluding hydrogens is 443 g/mol. The van der Waals surface area contributed by atoms with Crippen molar-refractivity contribution >= 4 is 41.3 Å². The van der Waals surface area contributed by atoms with Gasteiger partial charge in [0, 0.05) is 18.5 Å². The molecule has 2 N–H and O–H groups in total. The van der Waals surface area contributed by atoms with E-state index in [4.69, 9.17) is 0 Å². The number of nitrogens with one attached hydrogen (secondary N) is 2. The first kappa shape index (κ1) is 21.9. The molecule has 1 aromatic carbocycles. The number of rotatable bonds is 8. The molecule has 1 heterocycles. The number of aromatic nitrogens is 1. The van der Waals surface area contributed by atoms with Crippen LogP contribution in [0, 0.1) is 0 Å². The topological polar surface area (TPSA) is 49.3 Å². The molecule has 0 bridgehead atoms. The highest BCUT2D eigenvalue weighted by molar-refractivity contribution is 14.0. The minimum Gasteiger partial charge on any atom is -0.357 e. The van der Waals surface area contributed by atoms with Crippen LogP contribution in [-0.2, 0) is 13.0 Å². The monoisotopic (exact) mass is 472 g/mol. The average molecular weight is 472 g/mol. The van der Waals surface area contributed by atoms with Crippen LogP contribution < -0.4 is 10.6 Å². The summed E-state index contributed by atoms with van der Waals surface area (Å²) in [5, 5.41) is 9.91. The zero-order chi connectivity index (χ0) is 17.2. The third-order valence-corrected chi connectivity index (χ3v) is 4.51. The van der Waals surface area contributed by atoms with Gasteiger partial charge in [-0.1, -0.05) is 44.2 Å². The van der Waals surface area contributed by atoms with Crippen molar-refractivity contribution in [2.75, 3.05) is 13.1 Å². The molecule has 0 unspecified atom stereocenters. The maximum Gasteiger partial charge on any atom is 0.191 e. The summed E-state index contributed by atoms with van der Waals surface area (Å²) in [7, 11) is 0. The molecule has 0 amide bonds. The smallest absolute Gasteiger partial charge is 0.191 e. The van der Waals surface area contributed by atoms with Gasteiger partial charge in [-0.2, -0.15) is 0 Å². The summed E-state index contributed by atoms with van der Waals surface area (Å²) in [5.41, 5.74) is 2.54. The molecule has 0 aliphatic carbocycles. The normalized spacial score (nSPS) is 11.3. The molecule has 2 aromatic rings. The van der Waals surface area contributed by atoms with E-state index in [1.807, 2.05) is 0 Å². The van der Waals surface area contributed by atoms with E-state index in [2.05, 4.69) is 77.1 Å². The number of halogens is 1. The summed E-state index contributed by atoms with van der Waals surface area (Å²) in [5.74, 6) is 1.34. The van der Waals surface area contributed by atoms with Crippen LogP contribution in [0.5, 0.6) is 0 Å². The fourth-order valence-electron chi connectivity index (χ4n) is 2.30. The Morgan fingerprint density at radius 3 is 2.60 bits per heavy atom. The van der Waals surface area contributed by atoms with E-state index in [1.54, 1.807) is 11.3 Å². The number of aliphatic imine (C=N–C) groups is 1. The zero-order valence-corrected chi connectivity index (χ0v) is 18.4. The largest absolute Gasteiger partial charge is 0.357 e. The van der Waals surface area contributed by atoms with Gasteiger partial charge in [0.1, 0.15) is 5.01 Å². The highest BCUT2D eigenvalue weighted by Gasteiger charge is 2.05. The lowest BCUT2D eigenvalue weighted by atomic mass is 10.1. The SMILES string of the molecule is CCNC(=NCc1nc(C(C)C)cs1)NCCCc1ccccc1.I. The third kappa shape index (κ3) is 8.18. The lowest BCUT2D eigenvalue weighted by molar-refractivity contribution is 0.743. The van der Waals surface area contributed by atoms with Gasteiger partial charge in [0.2, 0.25) is 0 Å². The first-order valence-corrected chi connectivity index (χ1v) is 9.57. The molecule has 6 heteroatoms. The number of thiazole rings is 1. The quantitative estimate of drug-likeness (QED) is 0.256. The third-order valence-electron chi connectivity index (χ3n) is 3.66. The molecule has 1 aromatic heterocycles. The molecule has 0 saturated carbocycles. The van der Waals surface area contributed by atoms with E-state index in [1.165, 1.54) is 5.56 Å². The number of nitrogens with zero attached hydrogens (tertiary/aromatic N) is 2. The standard InChI is InChI=1S/C19H28N4S.HI/c1-4-20-19(21-12-8-11-16-9-6-5-7-10-16)22-13-18-23-17(14-24-18)15(2)3;/h5-7,9-10,14-15H,4,8,11-13H2,1-3H3,(H2,20,21,22);1H. The number of guanidine groups is 1. The first-order chi connectivity index (χ1) is 11.7. The van der Waals surface area contributed by atoms with Gasteiger partial charge >= 0.3 is 0 Å². The zero-order valence-electron chi connectivity index (χ0n) is 15.3. The van der Waals surface area contributed by atoms with Crippen molar-refractivity contribution in [3.63, 3.8) is 0 Å². The molecule has 0 aliphatic rings. The van der Waals surface area contributed by atoms with E-state index in [0.717, 1.165) is 42.6 Å². The number of hydrogen-bond donors (Lipinski definition) is 2. The number of aryl methyl sites for hydroxylation is 1. The van der Waals surface area contributed by atoms with Crippen LogP contribution in [0.3, 0.4) is 0 Å². The summed E-state index contributed by atoms with van der Waals surface area (Å²) >= 11 is 1.69. The predicted molar refractivity (Wildman–Crippen MR) is 119 cm³/mol. The van der Waals surface area contributed by atoms with Gasteiger partial charge in [0.15, 0.2) is 5.96 Å². The molecule has 2 rings (SSSR count). The lowest BCUT2D eigenvalue weighted by Gasteiger charge is -2.11. The van der Waals surface area contributed by atoms with Crippen molar-refractivity contribution in [3.8, 4) is 0 Å². The van der Waals surface area contributed by atoms with Crippen LogP contribution >= 0.6 is 35.3 Å². The number of hydrogen-bond acceptors (Lipinski definition) is 3. The Morgan fingerprint density at radius 1 is 1.20 bits per heavy atom. The second-order valence-corrected chi connectivity index (χ2v) is 6.97. The van der Waals surface area contributed by atoms with Crippen molar-refractivity contribution in [2.45, 2.75) is 46.1 Å². The maximum absolute atomic E-state index is 4.64. The molecule has 0 radical (unpaired) electrons. The molecule has 0 spiro atoms. The van der Waals surface area contributed by atoms with Gasteiger partial charge in [0.25, 0.3) is 0 Å². The number of benzene rings is 1. The van der Waals surface area contributed by atoms with Crippen LogP contribution in [0.1, 0.15) is 49.4 Å². The highest BCUT2D eigenvalue weighted by atomic mass is 127. The van der Waals surface area contributed by atoms with Gasteiger partial charge in [-0.3, -0.25) is 0 Å². The second kappa shape index (κ2) is 12.2. The van der Waals surface area contributed by atoms with Crippen molar-refractivity contribution in [3.05, 3.63) is 52.0 Å². The molecule has 0 atom stereocenters. The highest BCUT2D eigenvalue weighted by Crippen LogP contribution is 2.18. The average Bonchev–Trinajstić information content (AvgIpc) is 3.06. The van der Waals surface area contributed by atoms with Crippen molar-refractivity contribution in [1.29, 1.82) is 0 Å². The lowest BCUT2D eigenvalue weighted by Crippen LogP contribution is -2.37. The Morgan fingerprint density at radius 2 is 1.96 bits per heavy atom. The van der Waals surface area contributed by atoms with E-state index in [0.29, 0.717) is 12.5 Å². The van der Waals surface area contributed by atoms with Gasteiger partial charge in [-0.15, -0.1) is 35.3 Å². The van der Waals surface area contributed by atoms with Gasteiger partial charge in [-0.25, -0.2) is 9.98 Å². The Labute approximate surface area is 172 Å². The fraction of sp³-hybridized carbons (Fsp3) is 0.474. The van der Waals surface area contributed by atoms with E-state index in [9.17, 15) is 0 Å². The molecule has 0 aliphatic heterocycles. The summed E-state index contributed by atoms with van der Waals surface area (Å²) in [6.07, 6.45) is 2.17.